The molecular formula is C10H15ClN4S2. The molecule has 0 radical (unpaired) electrons. The lowest BCUT2D eigenvalue weighted by Gasteiger charge is -2.13. The molecule has 4 nitrogen and oxygen atoms in total. The van der Waals surface area contributed by atoms with Crippen molar-refractivity contribution in [2.75, 3.05) is 12.8 Å². The number of nitrogens with two attached hydrogens (primary N) is 1. The Labute approximate surface area is 115 Å². The molecule has 0 aliphatic heterocycles. The van der Waals surface area contributed by atoms with Crippen molar-refractivity contribution in [3.05, 3.63) is 27.2 Å². The average molecular weight is 291 g/mol. The third-order valence-electron chi connectivity index (χ3n) is 2.09. The molecule has 0 saturated heterocycles. The van der Waals surface area contributed by atoms with Gasteiger partial charge in [0.05, 0.1) is 5.01 Å². The second-order valence-corrected chi connectivity index (χ2v) is 6.15. The van der Waals surface area contributed by atoms with Gasteiger partial charge in [-0.2, -0.15) is 0 Å². The number of nitrogens with zero attached hydrogens (tertiary/aromatic N) is 3. The fraction of sp³-hybridized carbons (Fsp3) is 0.400. The topological polar surface area (TPSA) is 55.0 Å². The number of aromatic nitrogens is 2. The van der Waals surface area contributed by atoms with Crippen LogP contribution >= 0.6 is 35.1 Å². The van der Waals surface area contributed by atoms with Crippen LogP contribution in [0.25, 0.3) is 0 Å². The first kappa shape index (κ1) is 14.4. The Morgan fingerprint density at radius 3 is 2.24 bits per heavy atom. The van der Waals surface area contributed by atoms with Gasteiger partial charge < -0.3 is 5.73 Å². The van der Waals surface area contributed by atoms with Gasteiger partial charge in [-0.3, -0.25) is 4.90 Å². The van der Waals surface area contributed by atoms with Gasteiger partial charge in [-0.15, -0.1) is 35.1 Å². The normalized spacial score (nSPS) is 10.5. The molecule has 17 heavy (non-hydrogen) atoms. The van der Waals surface area contributed by atoms with Gasteiger partial charge in [-0.25, -0.2) is 9.97 Å². The van der Waals surface area contributed by atoms with Crippen molar-refractivity contribution in [1.29, 1.82) is 0 Å². The maximum absolute atomic E-state index is 5.59. The quantitative estimate of drug-likeness (QED) is 0.940. The molecule has 0 saturated carbocycles. The Morgan fingerprint density at radius 1 is 1.18 bits per heavy atom. The first-order valence-corrected chi connectivity index (χ1v) is 6.57. The molecule has 2 rings (SSSR count). The zero-order chi connectivity index (χ0) is 11.5. The van der Waals surface area contributed by atoms with E-state index in [9.17, 15) is 0 Å². The number of thiazole rings is 2. The minimum absolute atomic E-state index is 0. The van der Waals surface area contributed by atoms with Crippen LogP contribution in [0.15, 0.2) is 12.4 Å². The molecule has 2 N–H and O–H groups in total. The zero-order valence-electron chi connectivity index (χ0n) is 9.71. The molecule has 2 aromatic heterocycles. The summed E-state index contributed by atoms with van der Waals surface area (Å²) in [6.45, 7) is 3.83. The van der Waals surface area contributed by atoms with E-state index < -0.39 is 0 Å². The highest BCUT2D eigenvalue weighted by Gasteiger charge is 2.06. The average Bonchev–Trinajstić information content (AvgIpc) is 2.76. The van der Waals surface area contributed by atoms with Crippen molar-refractivity contribution in [2.45, 2.75) is 20.0 Å². The van der Waals surface area contributed by atoms with E-state index in [0.717, 1.165) is 18.1 Å². The smallest absolute Gasteiger partial charge is 0.180 e. The lowest BCUT2D eigenvalue weighted by atomic mass is 10.4. The molecule has 94 valence electrons. The standard InChI is InChI=1S/C10H14N4S2.ClH/c1-7-12-3-8(15-7)5-14(2)6-9-4-13-10(11)16-9;/h3-4H,5-6H2,1-2H3,(H2,11,13);1H. The molecule has 0 unspecified atom stereocenters. The third kappa shape index (κ3) is 4.23. The monoisotopic (exact) mass is 290 g/mol. The molecule has 7 heteroatoms. The summed E-state index contributed by atoms with van der Waals surface area (Å²) in [4.78, 5) is 13.0. The second-order valence-electron chi connectivity index (χ2n) is 3.68. The summed E-state index contributed by atoms with van der Waals surface area (Å²) in [6.07, 6.45) is 3.78. The second kappa shape index (κ2) is 6.30. The van der Waals surface area contributed by atoms with Crippen molar-refractivity contribution in [3.63, 3.8) is 0 Å². The Morgan fingerprint density at radius 2 is 1.76 bits per heavy atom. The highest BCUT2D eigenvalue weighted by Crippen LogP contribution is 2.18. The predicted octanol–water partition coefficient (Wildman–Crippen LogP) is 2.54. The van der Waals surface area contributed by atoms with Crippen molar-refractivity contribution < 1.29 is 0 Å². The third-order valence-corrected chi connectivity index (χ3v) is 3.80. The van der Waals surface area contributed by atoms with Gasteiger partial charge in [0.1, 0.15) is 0 Å². The summed E-state index contributed by atoms with van der Waals surface area (Å²) < 4.78 is 0. The van der Waals surface area contributed by atoms with E-state index in [2.05, 4.69) is 21.9 Å². The van der Waals surface area contributed by atoms with E-state index in [4.69, 9.17) is 5.73 Å². The molecule has 0 aliphatic rings. The van der Waals surface area contributed by atoms with Crippen LogP contribution in [0.2, 0.25) is 0 Å². The van der Waals surface area contributed by atoms with Crippen LogP contribution in [0, 0.1) is 6.92 Å². The van der Waals surface area contributed by atoms with Crippen molar-refractivity contribution in [2.24, 2.45) is 0 Å². The number of halogens is 1. The van der Waals surface area contributed by atoms with Crippen LogP contribution < -0.4 is 5.73 Å². The van der Waals surface area contributed by atoms with E-state index in [0.29, 0.717) is 5.13 Å². The summed E-state index contributed by atoms with van der Waals surface area (Å²) >= 11 is 3.29. The lowest BCUT2D eigenvalue weighted by molar-refractivity contribution is 0.324. The predicted molar refractivity (Wildman–Crippen MR) is 75.8 cm³/mol. The molecule has 0 fully saturated rings. The lowest BCUT2D eigenvalue weighted by Crippen LogP contribution is -2.15. The van der Waals surface area contributed by atoms with Gasteiger partial charge in [-0.05, 0) is 14.0 Å². The fourth-order valence-corrected chi connectivity index (χ4v) is 3.10. The highest BCUT2D eigenvalue weighted by molar-refractivity contribution is 7.15. The maximum atomic E-state index is 5.59. The van der Waals surface area contributed by atoms with E-state index in [1.54, 1.807) is 22.7 Å². The van der Waals surface area contributed by atoms with Gasteiger partial charge in [-0.1, -0.05) is 0 Å². The molecule has 0 amide bonds. The number of aryl methyl sites for hydroxylation is 1. The van der Waals surface area contributed by atoms with E-state index in [-0.39, 0.29) is 12.4 Å². The minimum atomic E-state index is 0. The van der Waals surface area contributed by atoms with E-state index >= 15 is 0 Å². The van der Waals surface area contributed by atoms with Gasteiger partial charge in [0, 0.05) is 35.2 Å². The molecule has 2 heterocycles. The maximum Gasteiger partial charge on any atom is 0.180 e. The van der Waals surface area contributed by atoms with Crippen LogP contribution in [0.4, 0.5) is 5.13 Å². The van der Waals surface area contributed by atoms with Crippen molar-refractivity contribution in [3.8, 4) is 0 Å². The fourth-order valence-electron chi connectivity index (χ4n) is 1.46. The molecule has 0 bridgehead atoms. The summed E-state index contributed by atoms with van der Waals surface area (Å²) in [6, 6.07) is 0. The molecule has 0 aromatic carbocycles. The zero-order valence-corrected chi connectivity index (χ0v) is 12.2. The van der Waals surface area contributed by atoms with Crippen LogP contribution in [0.3, 0.4) is 0 Å². The molecular weight excluding hydrogens is 276 g/mol. The number of hydrogen-bond donors (Lipinski definition) is 1. The molecule has 0 atom stereocenters. The Balaban J connectivity index is 0.00000144. The van der Waals surface area contributed by atoms with Crippen LogP contribution in [0.1, 0.15) is 14.8 Å². The minimum Gasteiger partial charge on any atom is -0.375 e. The van der Waals surface area contributed by atoms with Gasteiger partial charge in [0.2, 0.25) is 0 Å². The number of anilines is 1. The molecule has 0 spiro atoms. The summed E-state index contributed by atoms with van der Waals surface area (Å²) in [5.41, 5.74) is 5.59. The summed E-state index contributed by atoms with van der Waals surface area (Å²) in [7, 11) is 2.09. The first-order chi connectivity index (χ1) is 7.63. The Hall–Kier alpha value is -0.690. The Kier molecular flexibility index (Phi) is 5.32. The van der Waals surface area contributed by atoms with Crippen LogP contribution in [-0.4, -0.2) is 21.9 Å². The summed E-state index contributed by atoms with van der Waals surface area (Å²) in [5.74, 6) is 0. The van der Waals surface area contributed by atoms with Crippen molar-refractivity contribution in [1.82, 2.24) is 14.9 Å². The molecule has 0 aliphatic carbocycles. The van der Waals surface area contributed by atoms with Crippen LogP contribution in [-0.2, 0) is 13.1 Å². The molecule has 2 aromatic rings. The van der Waals surface area contributed by atoms with Crippen LogP contribution in [0.5, 0.6) is 0 Å². The number of rotatable bonds is 4. The van der Waals surface area contributed by atoms with E-state index in [1.165, 1.54) is 9.75 Å². The van der Waals surface area contributed by atoms with Gasteiger partial charge >= 0.3 is 0 Å². The number of hydrogen-bond acceptors (Lipinski definition) is 6. The van der Waals surface area contributed by atoms with Gasteiger partial charge in [0.15, 0.2) is 5.13 Å². The number of nitrogen functional groups attached to an aromatic ring is 1. The largest absolute Gasteiger partial charge is 0.375 e. The van der Waals surface area contributed by atoms with Gasteiger partial charge in [0.25, 0.3) is 0 Å². The summed E-state index contributed by atoms with van der Waals surface area (Å²) in [5, 5.41) is 1.75. The first-order valence-electron chi connectivity index (χ1n) is 4.93. The Bertz CT molecular complexity index is 426. The van der Waals surface area contributed by atoms with Crippen molar-refractivity contribution >= 4 is 40.2 Å². The van der Waals surface area contributed by atoms with E-state index in [1.807, 2.05) is 19.3 Å². The highest BCUT2D eigenvalue weighted by atomic mass is 35.5. The SMILES string of the molecule is Cc1ncc(CN(C)Cc2cnc(N)s2)s1.Cl.